The van der Waals surface area contributed by atoms with Gasteiger partial charge < -0.3 is 0 Å². The second kappa shape index (κ2) is 6.44. The lowest BCUT2D eigenvalue weighted by Crippen LogP contribution is -2.26. The molecule has 7 heteroatoms. The summed E-state index contributed by atoms with van der Waals surface area (Å²) in [6.07, 6.45) is 6.43. The Morgan fingerprint density at radius 3 is 2.48 bits per heavy atom. The van der Waals surface area contributed by atoms with E-state index in [0.717, 1.165) is 10.3 Å². The van der Waals surface area contributed by atoms with Crippen LogP contribution in [0.1, 0.15) is 12.5 Å². The van der Waals surface area contributed by atoms with Crippen molar-refractivity contribution in [1.82, 2.24) is 0 Å². The molecule has 0 bridgehead atoms. The third-order valence-electron chi connectivity index (χ3n) is 2.96. The van der Waals surface area contributed by atoms with Crippen molar-refractivity contribution in [2.75, 3.05) is 5.75 Å². The highest BCUT2D eigenvalue weighted by molar-refractivity contribution is 8.00. The van der Waals surface area contributed by atoms with E-state index >= 15 is 0 Å². The Kier molecular flexibility index (Phi) is 4.84. The fourth-order valence-corrected chi connectivity index (χ4v) is 5.35. The number of aryl methyl sites for hydroxylation is 1. The van der Waals surface area contributed by atoms with E-state index in [2.05, 4.69) is 3.77 Å². The summed E-state index contributed by atoms with van der Waals surface area (Å²) >= 11 is 0. The standard InChI is InChI=1S/C14H17N2O3S2/c1-3-20(14-6-4-5-11-16(14)17)15-21(18,19)13-9-7-12(2)8-10-13/h4-11,14H,3H2,1-2H3/q+1. The first-order chi connectivity index (χ1) is 9.94. The van der Waals surface area contributed by atoms with Gasteiger partial charge in [-0.1, -0.05) is 30.7 Å². The van der Waals surface area contributed by atoms with Crippen LogP contribution in [0.15, 0.2) is 57.4 Å². The van der Waals surface area contributed by atoms with Gasteiger partial charge in [-0.3, -0.25) is 0 Å². The van der Waals surface area contributed by atoms with Crippen LogP contribution in [0.5, 0.6) is 0 Å². The lowest BCUT2D eigenvalue weighted by molar-refractivity contribution is -0.484. The number of rotatable bonds is 4. The van der Waals surface area contributed by atoms with Crippen LogP contribution in [0.25, 0.3) is 0 Å². The molecule has 0 radical (unpaired) electrons. The van der Waals surface area contributed by atoms with Gasteiger partial charge in [0.05, 0.1) is 4.90 Å². The van der Waals surface area contributed by atoms with Gasteiger partial charge in [-0.15, -0.1) is 3.77 Å². The summed E-state index contributed by atoms with van der Waals surface area (Å²) in [4.78, 5) is 12.0. The van der Waals surface area contributed by atoms with Gasteiger partial charge in [0.15, 0.2) is 0 Å². The molecule has 0 amide bonds. The van der Waals surface area contributed by atoms with Crippen LogP contribution in [-0.2, 0) is 20.7 Å². The van der Waals surface area contributed by atoms with Gasteiger partial charge in [-0.05, 0) is 29.7 Å². The summed E-state index contributed by atoms with van der Waals surface area (Å²) < 4.78 is 29.4. The predicted molar refractivity (Wildman–Crippen MR) is 84.4 cm³/mol. The highest BCUT2D eigenvalue weighted by Gasteiger charge is 2.28. The topological polar surface area (TPSA) is 66.6 Å². The second-order valence-electron chi connectivity index (χ2n) is 4.53. The van der Waals surface area contributed by atoms with E-state index < -0.39 is 26.1 Å². The van der Waals surface area contributed by atoms with Gasteiger partial charge in [-0.25, -0.2) is 0 Å². The van der Waals surface area contributed by atoms with Gasteiger partial charge in [0.25, 0.3) is 15.4 Å². The summed E-state index contributed by atoms with van der Waals surface area (Å²) in [5.41, 5.74) is 0.981. The van der Waals surface area contributed by atoms with E-state index in [1.165, 1.54) is 18.3 Å². The highest BCUT2D eigenvalue weighted by atomic mass is 32.3. The largest absolute Gasteiger partial charge is 0.288 e. The highest BCUT2D eigenvalue weighted by Crippen LogP contribution is 2.17. The van der Waals surface area contributed by atoms with Crippen molar-refractivity contribution in [3.63, 3.8) is 0 Å². The van der Waals surface area contributed by atoms with E-state index in [1.54, 1.807) is 30.4 Å². The molecule has 0 aliphatic carbocycles. The third-order valence-corrected chi connectivity index (χ3v) is 6.89. The zero-order valence-corrected chi connectivity index (χ0v) is 13.5. The summed E-state index contributed by atoms with van der Waals surface area (Å²) in [5.74, 6) is 0.493. The van der Waals surface area contributed by atoms with Crippen LogP contribution in [0, 0.1) is 11.8 Å². The van der Waals surface area contributed by atoms with Crippen molar-refractivity contribution in [2.45, 2.75) is 24.1 Å². The summed E-state index contributed by atoms with van der Waals surface area (Å²) in [6, 6.07) is 6.54. The molecule has 0 saturated heterocycles. The van der Waals surface area contributed by atoms with Crippen LogP contribution in [-0.4, -0.2) is 24.3 Å². The van der Waals surface area contributed by atoms with Crippen LogP contribution < -0.4 is 0 Å². The van der Waals surface area contributed by atoms with Crippen LogP contribution in [0.2, 0.25) is 0 Å². The number of benzene rings is 1. The average Bonchev–Trinajstić information content (AvgIpc) is 2.46. The van der Waals surface area contributed by atoms with Crippen LogP contribution in [0.4, 0.5) is 0 Å². The lowest BCUT2D eigenvalue weighted by Gasteiger charge is -2.09. The van der Waals surface area contributed by atoms with E-state index in [9.17, 15) is 13.3 Å². The molecule has 1 aliphatic rings. The number of sulfonamides is 1. The van der Waals surface area contributed by atoms with Gasteiger partial charge in [0.2, 0.25) is 6.20 Å². The molecule has 0 N–H and O–H groups in total. The lowest BCUT2D eigenvalue weighted by atomic mass is 10.2. The number of nitroso groups, excluding NO2 is 1. The molecule has 0 aromatic heterocycles. The maximum Gasteiger partial charge on any atom is 0.288 e. The van der Waals surface area contributed by atoms with E-state index in [1.807, 2.05) is 13.8 Å². The molecule has 1 aromatic carbocycles. The molecule has 112 valence electrons. The molecule has 5 nitrogen and oxygen atoms in total. The zero-order chi connectivity index (χ0) is 15.5. The maximum absolute atomic E-state index is 12.3. The van der Waals surface area contributed by atoms with Gasteiger partial charge in [0.1, 0.15) is 0 Å². The quantitative estimate of drug-likeness (QED) is 0.799. The Hall–Kier alpha value is -1.60. The minimum atomic E-state index is -3.75. The van der Waals surface area contributed by atoms with Crippen LogP contribution >= 0.6 is 0 Å². The van der Waals surface area contributed by atoms with Gasteiger partial charge in [0, 0.05) is 27.6 Å². The molecule has 2 rings (SSSR count). The van der Waals surface area contributed by atoms with E-state index in [-0.39, 0.29) is 4.90 Å². The first-order valence-corrected chi connectivity index (χ1v) is 9.34. The average molecular weight is 325 g/mol. The Bertz CT molecular complexity index is 732. The molecule has 0 fully saturated rings. The van der Waals surface area contributed by atoms with Crippen LogP contribution in [0.3, 0.4) is 0 Å². The molecule has 2 unspecified atom stereocenters. The van der Waals surface area contributed by atoms with E-state index in [0.29, 0.717) is 5.75 Å². The Balaban J connectivity index is 2.39. The van der Waals surface area contributed by atoms with Crippen molar-refractivity contribution in [1.29, 1.82) is 0 Å². The summed E-state index contributed by atoms with van der Waals surface area (Å²) in [6.45, 7) is 3.72. The normalized spacial score (nSPS) is 19.9. The molecule has 0 saturated carbocycles. The third kappa shape index (κ3) is 3.74. The minimum Gasteiger partial charge on any atom is -0.199 e. The molecular formula is C14H17N2O3S2+. The van der Waals surface area contributed by atoms with E-state index in [4.69, 9.17) is 0 Å². The molecule has 1 aromatic rings. The summed E-state index contributed by atoms with van der Waals surface area (Å²) in [5, 5.41) is -0.555. The van der Waals surface area contributed by atoms with Crippen molar-refractivity contribution in [2.24, 2.45) is 3.77 Å². The Labute approximate surface area is 127 Å². The monoisotopic (exact) mass is 325 g/mol. The first kappa shape index (κ1) is 15.8. The summed E-state index contributed by atoms with van der Waals surface area (Å²) in [7, 11) is -4.66. The minimum absolute atomic E-state index is 0.159. The van der Waals surface area contributed by atoms with Crippen molar-refractivity contribution in [3.8, 4) is 0 Å². The maximum atomic E-state index is 12.3. The van der Waals surface area contributed by atoms with Crippen molar-refractivity contribution >= 4 is 20.7 Å². The second-order valence-corrected chi connectivity index (χ2v) is 8.41. The molecule has 1 heterocycles. The molecule has 2 atom stereocenters. The van der Waals surface area contributed by atoms with Gasteiger partial charge >= 0.3 is 0 Å². The predicted octanol–water partition coefficient (Wildman–Crippen LogP) is 2.69. The SMILES string of the molecule is CC/S(=N\S(=O)(=O)c1ccc(C)cc1)C1C=CC=C[N+]1=O. The number of allylic oxidation sites excluding steroid dienone is 2. The molecule has 0 spiro atoms. The number of nitrogens with zero attached hydrogens (tertiary/aromatic N) is 2. The fraction of sp³-hybridized carbons (Fsp3) is 0.286. The first-order valence-electron chi connectivity index (χ1n) is 6.49. The molecule has 1 aliphatic heterocycles. The Morgan fingerprint density at radius 2 is 1.90 bits per heavy atom. The Morgan fingerprint density at radius 1 is 1.24 bits per heavy atom. The number of hydrogen-bond donors (Lipinski definition) is 0. The molecular weight excluding hydrogens is 308 g/mol. The fourth-order valence-electron chi connectivity index (χ4n) is 1.82. The molecule has 21 heavy (non-hydrogen) atoms. The number of hydrogen-bond acceptors (Lipinski definition) is 3. The van der Waals surface area contributed by atoms with Crippen molar-refractivity contribution < 1.29 is 13.2 Å². The smallest absolute Gasteiger partial charge is 0.199 e. The van der Waals surface area contributed by atoms with Crippen molar-refractivity contribution in [3.05, 3.63) is 59.2 Å². The van der Waals surface area contributed by atoms with Gasteiger partial charge in [-0.2, -0.15) is 8.42 Å². The zero-order valence-electron chi connectivity index (χ0n) is 11.8.